The van der Waals surface area contributed by atoms with E-state index < -0.39 is 0 Å². The van der Waals surface area contributed by atoms with Gasteiger partial charge in [0, 0.05) is 13.2 Å². The summed E-state index contributed by atoms with van der Waals surface area (Å²) < 4.78 is 0. The first kappa shape index (κ1) is 13.9. The highest BCUT2D eigenvalue weighted by Gasteiger charge is 2.05. The van der Waals surface area contributed by atoms with Crippen molar-refractivity contribution in [1.29, 1.82) is 0 Å². The molecule has 3 heteroatoms. The summed E-state index contributed by atoms with van der Waals surface area (Å²) in [4.78, 5) is 2.45. The van der Waals surface area contributed by atoms with Crippen molar-refractivity contribution in [1.82, 2.24) is 4.90 Å². The Hall–Kier alpha value is -0.120. The predicted molar refractivity (Wildman–Crippen MR) is 61.3 cm³/mol. The molecule has 0 aliphatic heterocycles. The number of hydrogen-bond acceptors (Lipinski definition) is 3. The molecule has 0 aromatic rings. The molecule has 3 nitrogen and oxygen atoms in total. The van der Waals surface area contributed by atoms with Crippen LogP contribution in [0, 0.1) is 5.92 Å². The summed E-state index contributed by atoms with van der Waals surface area (Å²) in [6.07, 6.45) is 3.08. The Kier molecular flexibility index (Phi) is 9.35. The zero-order valence-corrected chi connectivity index (χ0v) is 9.71. The van der Waals surface area contributed by atoms with Crippen LogP contribution in [0.2, 0.25) is 0 Å². The Labute approximate surface area is 88.3 Å². The molecule has 86 valence electrons. The van der Waals surface area contributed by atoms with Crippen molar-refractivity contribution < 1.29 is 5.11 Å². The molecule has 0 unspecified atom stereocenters. The highest BCUT2D eigenvalue weighted by Crippen LogP contribution is 2.02. The number of aliphatic hydroxyl groups excluding tert-OH is 1. The SMILES string of the molecule is CC(C)CN(CCCN)CCCCO. The number of unbranched alkanes of at least 4 members (excludes halogenated alkanes) is 1. The number of nitrogens with two attached hydrogens (primary N) is 1. The van der Waals surface area contributed by atoms with Crippen LogP contribution in [-0.4, -0.2) is 42.8 Å². The van der Waals surface area contributed by atoms with Gasteiger partial charge < -0.3 is 15.7 Å². The molecular formula is C11H26N2O. The third kappa shape index (κ3) is 8.48. The molecule has 3 N–H and O–H groups in total. The first-order chi connectivity index (χ1) is 6.70. The summed E-state index contributed by atoms with van der Waals surface area (Å²) in [6, 6.07) is 0. The normalized spacial score (nSPS) is 11.6. The van der Waals surface area contributed by atoms with Crippen molar-refractivity contribution in [2.45, 2.75) is 33.1 Å². The molecule has 0 aliphatic carbocycles. The van der Waals surface area contributed by atoms with Crippen molar-refractivity contribution in [2.75, 3.05) is 32.8 Å². The second kappa shape index (κ2) is 9.44. The van der Waals surface area contributed by atoms with Gasteiger partial charge in [0.15, 0.2) is 0 Å². The van der Waals surface area contributed by atoms with Gasteiger partial charge >= 0.3 is 0 Å². The summed E-state index contributed by atoms with van der Waals surface area (Å²) in [6.45, 7) is 8.90. The smallest absolute Gasteiger partial charge is 0.0431 e. The molecule has 0 heterocycles. The molecule has 0 spiro atoms. The Morgan fingerprint density at radius 1 is 1.14 bits per heavy atom. The van der Waals surface area contributed by atoms with Crippen LogP contribution in [0.5, 0.6) is 0 Å². The molecule has 0 fully saturated rings. The largest absolute Gasteiger partial charge is 0.396 e. The average Bonchev–Trinajstić information content (AvgIpc) is 2.13. The van der Waals surface area contributed by atoms with E-state index in [2.05, 4.69) is 18.7 Å². The van der Waals surface area contributed by atoms with Gasteiger partial charge in [-0.1, -0.05) is 13.8 Å². The van der Waals surface area contributed by atoms with Gasteiger partial charge in [0.25, 0.3) is 0 Å². The standard InChI is InChI=1S/C11H26N2O/c1-11(2)10-13(8-5-6-12)7-3-4-9-14/h11,14H,3-10,12H2,1-2H3. The third-order valence-corrected chi connectivity index (χ3v) is 2.18. The Morgan fingerprint density at radius 2 is 1.79 bits per heavy atom. The summed E-state index contributed by atoms with van der Waals surface area (Å²) >= 11 is 0. The van der Waals surface area contributed by atoms with E-state index in [0.29, 0.717) is 12.5 Å². The zero-order valence-electron chi connectivity index (χ0n) is 9.71. The maximum Gasteiger partial charge on any atom is 0.0431 e. The number of hydrogen-bond donors (Lipinski definition) is 2. The average molecular weight is 202 g/mol. The highest BCUT2D eigenvalue weighted by molar-refractivity contribution is 4.60. The minimum Gasteiger partial charge on any atom is -0.396 e. The lowest BCUT2D eigenvalue weighted by atomic mass is 10.2. The van der Waals surface area contributed by atoms with Gasteiger partial charge in [0.2, 0.25) is 0 Å². The monoisotopic (exact) mass is 202 g/mol. The molecule has 0 saturated heterocycles. The molecule has 0 aliphatic rings. The van der Waals surface area contributed by atoms with E-state index >= 15 is 0 Å². The van der Waals surface area contributed by atoms with Crippen molar-refractivity contribution in [3.63, 3.8) is 0 Å². The van der Waals surface area contributed by atoms with Gasteiger partial charge in [-0.05, 0) is 44.8 Å². The minimum absolute atomic E-state index is 0.312. The van der Waals surface area contributed by atoms with Gasteiger partial charge in [-0.2, -0.15) is 0 Å². The first-order valence-electron chi connectivity index (χ1n) is 5.74. The summed E-state index contributed by atoms with van der Waals surface area (Å²) in [5.74, 6) is 0.710. The van der Waals surface area contributed by atoms with Gasteiger partial charge in [0.05, 0.1) is 0 Å². The van der Waals surface area contributed by atoms with Gasteiger partial charge in [-0.15, -0.1) is 0 Å². The number of nitrogens with zero attached hydrogens (tertiary/aromatic N) is 1. The highest BCUT2D eigenvalue weighted by atomic mass is 16.2. The second-order valence-corrected chi connectivity index (χ2v) is 4.27. The molecule has 0 bridgehead atoms. The molecular weight excluding hydrogens is 176 g/mol. The van der Waals surface area contributed by atoms with Crippen LogP contribution in [0.4, 0.5) is 0 Å². The second-order valence-electron chi connectivity index (χ2n) is 4.27. The fourth-order valence-corrected chi connectivity index (χ4v) is 1.57. The van der Waals surface area contributed by atoms with E-state index in [1.165, 1.54) is 0 Å². The van der Waals surface area contributed by atoms with Crippen LogP contribution >= 0.6 is 0 Å². The predicted octanol–water partition coefficient (Wildman–Crippen LogP) is 1.07. The van der Waals surface area contributed by atoms with E-state index in [0.717, 1.165) is 45.4 Å². The molecule has 14 heavy (non-hydrogen) atoms. The maximum atomic E-state index is 8.70. The third-order valence-electron chi connectivity index (χ3n) is 2.18. The quantitative estimate of drug-likeness (QED) is 0.550. The lowest BCUT2D eigenvalue weighted by molar-refractivity contribution is 0.222. The fourth-order valence-electron chi connectivity index (χ4n) is 1.57. The number of rotatable bonds is 9. The molecule has 0 aromatic heterocycles. The Bertz CT molecular complexity index is 118. The topological polar surface area (TPSA) is 49.5 Å². The van der Waals surface area contributed by atoms with E-state index in [1.807, 2.05) is 0 Å². The minimum atomic E-state index is 0.312. The molecule has 0 saturated carbocycles. The molecule has 0 radical (unpaired) electrons. The molecule has 0 aromatic carbocycles. The van der Waals surface area contributed by atoms with Gasteiger partial charge in [0.1, 0.15) is 0 Å². The lowest BCUT2D eigenvalue weighted by Gasteiger charge is -2.23. The summed E-state index contributed by atoms with van der Waals surface area (Å²) in [7, 11) is 0. The van der Waals surface area contributed by atoms with Crippen molar-refractivity contribution in [3.05, 3.63) is 0 Å². The van der Waals surface area contributed by atoms with Crippen LogP contribution in [0.25, 0.3) is 0 Å². The van der Waals surface area contributed by atoms with Crippen molar-refractivity contribution in [2.24, 2.45) is 11.7 Å². The van der Waals surface area contributed by atoms with E-state index in [4.69, 9.17) is 10.8 Å². The summed E-state index contributed by atoms with van der Waals surface area (Å²) in [5, 5.41) is 8.70. The molecule has 0 amide bonds. The van der Waals surface area contributed by atoms with Gasteiger partial charge in [-0.25, -0.2) is 0 Å². The Balaban J connectivity index is 3.61. The van der Waals surface area contributed by atoms with Crippen LogP contribution in [-0.2, 0) is 0 Å². The van der Waals surface area contributed by atoms with Crippen LogP contribution in [0.15, 0.2) is 0 Å². The van der Waals surface area contributed by atoms with Crippen LogP contribution in [0.1, 0.15) is 33.1 Å². The fraction of sp³-hybridized carbons (Fsp3) is 1.00. The van der Waals surface area contributed by atoms with Crippen LogP contribution in [0.3, 0.4) is 0 Å². The maximum absolute atomic E-state index is 8.70. The van der Waals surface area contributed by atoms with Crippen molar-refractivity contribution >= 4 is 0 Å². The van der Waals surface area contributed by atoms with E-state index in [9.17, 15) is 0 Å². The van der Waals surface area contributed by atoms with E-state index in [1.54, 1.807) is 0 Å². The Morgan fingerprint density at radius 3 is 2.29 bits per heavy atom. The van der Waals surface area contributed by atoms with Gasteiger partial charge in [-0.3, -0.25) is 0 Å². The summed E-state index contributed by atoms with van der Waals surface area (Å²) in [5.41, 5.74) is 5.50. The molecule has 0 atom stereocenters. The van der Waals surface area contributed by atoms with Crippen LogP contribution < -0.4 is 5.73 Å². The number of aliphatic hydroxyl groups is 1. The first-order valence-corrected chi connectivity index (χ1v) is 5.74. The zero-order chi connectivity index (χ0) is 10.8. The van der Waals surface area contributed by atoms with E-state index in [-0.39, 0.29) is 0 Å². The lowest BCUT2D eigenvalue weighted by Crippen LogP contribution is -2.31. The molecule has 0 rings (SSSR count). The van der Waals surface area contributed by atoms with Crippen molar-refractivity contribution in [3.8, 4) is 0 Å².